The summed E-state index contributed by atoms with van der Waals surface area (Å²) in [5, 5.41) is 0. The lowest BCUT2D eigenvalue weighted by atomic mass is 10.1. The molecule has 1 fully saturated rings. The maximum Gasteiger partial charge on any atom is 0.246 e. The molecular weight excluding hydrogens is 303 g/mol. The maximum atomic E-state index is 14.0. The summed E-state index contributed by atoms with van der Waals surface area (Å²) in [6.07, 6.45) is 4.79. The van der Waals surface area contributed by atoms with Crippen LogP contribution in [0.3, 0.4) is 0 Å². The summed E-state index contributed by atoms with van der Waals surface area (Å²) >= 11 is 0. The molecule has 0 N–H and O–H groups in total. The second-order valence-corrected chi connectivity index (χ2v) is 7.35. The molecule has 0 saturated carbocycles. The van der Waals surface area contributed by atoms with E-state index in [1.807, 2.05) is 12.1 Å². The molecule has 4 nitrogen and oxygen atoms in total. The third kappa shape index (κ3) is 2.64. The molecule has 0 spiro atoms. The van der Waals surface area contributed by atoms with Crippen LogP contribution < -0.4 is 0 Å². The Hall–Kier alpha value is -1.79. The molecular formula is C16H17FN2O2S. The molecule has 1 unspecified atom stereocenters. The lowest BCUT2D eigenvalue weighted by molar-refractivity contribution is 0.393. The highest BCUT2D eigenvalue weighted by atomic mass is 32.2. The average Bonchev–Trinajstić information content (AvgIpc) is 3.01. The van der Waals surface area contributed by atoms with Crippen molar-refractivity contribution in [1.82, 2.24) is 9.29 Å². The van der Waals surface area contributed by atoms with E-state index in [9.17, 15) is 12.8 Å². The van der Waals surface area contributed by atoms with Gasteiger partial charge in [0.2, 0.25) is 10.0 Å². The van der Waals surface area contributed by atoms with Crippen molar-refractivity contribution in [3.8, 4) is 0 Å². The van der Waals surface area contributed by atoms with Crippen LogP contribution in [0.2, 0.25) is 0 Å². The minimum atomic E-state index is -3.85. The van der Waals surface area contributed by atoms with Crippen molar-refractivity contribution in [2.45, 2.75) is 30.7 Å². The second kappa shape index (κ2) is 5.78. The molecule has 22 heavy (non-hydrogen) atoms. The molecule has 0 amide bonds. The number of halogens is 1. The third-order valence-electron chi connectivity index (χ3n) is 3.97. The van der Waals surface area contributed by atoms with E-state index >= 15 is 0 Å². The van der Waals surface area contributed by atoms with Gasteiger partial charge in [0.15, 0.2) is 0 Å². The highest BCUT2D eigenvalue weighted by Crippen LogP contribution is 2.36. The molecule has 6 heteroatoms. The molecule has 1 aliphatic rings. The van der Waals surface area contributed by atoms with E-state index in [-0.39, 0.29) is 10.9 Å². The van der Waals surface area contributed by atoms with E-state index in [0.29, 0.717) is 6.54 Å². The predicted octanol–water partition coefficient (Wildman–Crippen LogP) is 3.05. The van der Waals surface area contributed by atoms with E-state index in [1.165, 1.54) is 16.4 Å². The molecule has 1 saturated heterocycles. The van der Waals surface area contributed by atoms with Crippen LogP contribution in [0.1, 0.15) is 30.0 Å². The van der Waals surface area contributed by atoms with Crippen LogP contribution in [0.15, 0.2) is 47.6 Å². The van der Waals surface area contributed by atoms with Crippen LogP contribution in [-0.2, 0) is 10.0 Å². The molecule has 3 rings (SSSR count). The Morgan fingerprint density at radius 3 is 2.68 bits per heavy atom. The van der Waals surface area contributed by atoms with Gasteiger partial charge in [-0.25, -0.2) is 12.8 Å². The Morgan fingerprint density at radius 1 is 1.23 bits per heavy atom. The van der Waals surface area contributed by atoms with Gasteiger partial charge in [0.25, 0.3) is 0 Å². The van der Waals surface area contributed by atoms with Crippen molar-refractivity contribution in [1.29, 1.82) is 0 Å². The lowest BCUT2D eigenvalue weighted by Crippen LogP contribution is -2.31. The number of benzene rings is 1. The van der Waals surface area contributed by atoms with E-state index < -0.39 is 15.8 Å². The van der Waals surface area contributed by atoms with Gasteiger partial charge in [-0.3, -0.25) is 4.98 Å². The topological polar surface area (TPSA) is 50.3 Å². The van der Waals surface area contributed by atoms with Crippen LogP contribution in [0.4, 0.5) is 4.39 Å². The SMILES string of the molecule is Cc1ccc(F)c(S(=O)(=O)N2CCCC2c2ccncc2)c1. The van der Waals surface area contributed by atoms with E-state index in [0.717, 1.165) is 24.0 Å². The van der Waals surface area contributed by atoms with Gasteiger partial charge in [-0.1, -0.05) is 6.07 Å². The maximum absolute atomic E-state index is 14.0. The molecule has 1 atom stereocenters. The summed E-state index contributed by atoms with van der Waals surface area (Å²) in [5.41, 5.74) is 1.61. The van der Waals surface area contributed by atoms with E-state index in [2.05, 4.69) is 4.98 Å². The number of aromatic nitrogens is 1. The molecule has 2 aromatic rings. The van der Waals surface area contributed by atoms with Crippen LogP contribution in [0, 0.1) is 12.7 Å². The standard InChI is InChI=1S/C16H17FN2O2S/c1-12-4-5-14(17)16(11-12)22(20,21)19-10-2-3-15(19)13-6-8-18-9-7-13/h4-9,11,15H,2-3,10H2,1H3. The van der Waals surface area contributed by atoms with Gasteiger partial charge in [0.05, 0.1) is 6.04 Å². The van der Waals surface area contributed by atoms with E-state index in [1.54, 1.807) is 25.4 Å². The van der Waals surface area contributed by atoms with Crippen molar-refractivity contribution in [2.24, 2.45) is 0 Å². The van der Waals surface area contributed by atoms with Gasteiger partial charge in [0, 0.05) is 18.9 Å². The van der Waals surface area contributed by atoms with Gasteiger partial charge in [-0.05, 0) is 55.2 Å². The third-order valence-corrected chi connectivity index (χ3v) is 5.89. The van der Waals surface area contributed by atoms with Gasteiger partial charge < -0.3 is 0 Å². The summed E-state index contributed by atoms with van der Waals surface area (Å²) in [6.45, 7) is 2.16. The molecule has 1 aliphatic heterocycles. The first-order valence-corrected chi connectivity index (χ1v) is 8.62. The Kier molecular flexibility index (Phi) is 3.97. The highest BCUT2D eigenvalue weighted by molar-refractivity contribution is 7.89. The average molecular weight is 320 g/mol. The Bertz CT molecular complexity index is 778. The van der Waals surface area contributed by atoms with Crippen LogP contribution >= 0.6 is 0 Å². The van der Waals surface area contributed by atoms with E-state index in [4.69, 9.17) is 0 Å². The number of rotatable bonds is 3. The van der Waals surface area contributed by atoms with Crippen molar-refractivity contribution >= 4 is 10.0 Å². The Balaban J connectivity index is 2.03. The first kappa shape index (κ1) is 15.1. The molecule has 1 aromatic carbocycles. The number of hydrogen-bond donors (Lipinski definition) is 0. The molecule has 116 valence electrons. The smallest absolute Gasteiger partial charge is 0.246 e. The predicted molar refractivity (Wildman–Crippen MR) is 81.2 cm³/mol. The first-order valence-electron chi connectivity index (χ1n) is 7.18. The minimum Gasteiger partial charge on any atom is -0.265 e. The number of aryl methyl sites for hydroxylation is 1. The van der Waals surface area contributed by atoms with Gasteiger partial charge in [0.1, 0.15) is 10.7 Å². The lowest BCUT2D eigenvalue weighted by Gasteiger charge is -2.24. The van der Waals surface area contributed by atoms with Crippen molar-refractivity contribution in [3.05, 3.63) is 59.7 Å². The normalized spacial score (nSPS) is 19.5. The zero-order valence-electron chi connectivity index (χ0n) is 12.2. The fraction of sp³-hybridized carbons (Fsp3) is 0.312. The van der Waals surface area contributed by atoms with Crippen LogP contribution in [0.5, 0.6) is 0 Å². The fourth-order valence-corrected chi connectivity index (χ4v) is 4.71. The molecule has 1 aromatic heterocycles. The van der Waals surface area contributed by atoms with Crippen molar-refractivity contribution < 1.29 is 12.8 Å². The fourth-order valence-electron chi connectivity index (χ4n) is 2.88. The number of pyridine rings is 1. The highest BCUT2D eigenvalue weighted by Gasteiger charge is 2.37. The Labute approximate surface area is 129 Å². The summed E-state index contributed by atoms with van der Waals surface area (Å²) in [4.78, 5) is 3.72. The van der Waals surface area contributed by atoms with Crippen LogP contribution in [0.25, 0.3) is 0 Å². The quantitative estimate of drug-likeness (QED) is 0.873. The largest absolute Gasteiger partial charge is 0.265 e. The zero-order valence-corrected chi connectivity index (χ0v) is 13.1. The monoisotopic (exact) mass is 320 g/mol. The number of nitrogens with zero attached hydrogens (tertiary/aromatic N) is 2. The summed E-state index contributed by atoms with van der Waals surface area (Å²) in [7, 11) is -3.85. The number of hydrogen-bond acceptors (Lipinski definition) is 3. The minimum absolute atomic E-state index is 0.242. The first-order chi connectivity index (χ1) is 10.5. The summed E-state index contributed by atoms with van der Waals surface area (Å²) < 4.78 is 41.2. The Morgan fingerprint density at radius 2 is 1.95 bits per heavy atom. The summed E-state index contributed by atoms with van der Waals surface area (Å²) in [6, 6.07) is 7.54. The number of sulfonamides is 1. The van der Waals surface area contributed by atoms with Gasteiger partial charge in [-0.2, -0.15) is 4.31 Å². The van der Waals surface area contributed by atoms with Crippen LogP contribution in [-0.4, -0.2) is 24.3 Å². The summed E-state index contributed by atoms with van der Waals surface area (Å²) in [5.74, 6) is -0.703. The zero-order chi connectivity index (χ0) is 15.7. The molecule has 2 heterocycles. The second-order valence-electron chi connectivity index (χ2n) is 5.49. The van der Waals surface area contributed by atoms with Crippen molar-refractivity contribution in [3.63, 3.8) is 0 Å². The van der Waals surface area contributed by atoms with Gasteiger partial charge in [-0.15, -0.1) is 0 Å². The molecule has 0 radical (unpaired) electrons. The van der Waals surface area contributed by atoms with Crippen molar-refractivity contribution in [2.75, 3.05) is 6.54 Å². The molecule has 0 aliphatic carbocycles. The van der Waals surface area contributed by atoms with Gasteiger partial charge >= 0.3 is 0 Å². The molecule has 0 bridgehead atoms.